The van der Waals surface area contributed by atoms with Gasteiger partial charge in [0.1, 0.15) is 6.04 Å². The third-order valence-corrected chi connectivity index (χ3v) is 8.00. The maximum Gasteiger partial charge on any atom is 0.251 e. The number of ether oxygens (including phenoxy) is 1. The van der Waals surface area contributed by atoms with Gasteiger partial charge in [-0.15, -0.1) is 0 Å². The lowest BCUT2D eigenvalue weighted by Crippen LogP contribution is -2.50. The van der Waals surface area contributed by atoms with Crippen molar-refractivity contribution in [3.63, 3.8) is 0 Å². The smallest absolute Gasteiger partial charge is 0.251 e. The molecular formula is C27H40N2O3. The normalized spacial score (nSPS) is 29.2. The highest BCUT2D eigenvalue weighted by atomic mass is 16.5. The summed E-state index contributed by atoms with van der Waals surface area (Å²) in [5.41, 5.74) is 2.39. The molecule has 4 bridgehead atoms. The van der Waals surface area contributed by atoms with Gasteiger partial charge in [-0.1, -0.05) is 26.0 Å². The molecule has 4 aliphatic carbocycles. The van der Waals surface area contributed by atoms with Crippen molar-refractivity contribution < 1.29 is 14.3 Å². The second-order valence-corrected chi connectivity index (χ2v) is 10.8. The summed E-state index contributed by atoms with van der Waals surface area (Å²) < 4.78 is 5.31. The van der Waals surface area contributed by atoms with Crippen LogP contribution in [0.1, 0.15) is 81.6 Å². The molecule has 1 aromatic carbocycles. The number of carbonyl (C=O) groups excluding carboxylic acids is 2. The number of amides is 2. The van der Waals surface area contributed by atoms with E-state index in [1.807, 2.05) is 32.9 Å². The summed E-state index contributed by atoms with van der Waals surface area (Å²) in [5.74, 6) is 2.42. The lowest BCUT2D eigenvalue weighted by molar-refractivity contribution is -0.124. The fourth-order valence-corrected chi connectivity index (χ4v) is 6.84. The van der Waals surface area contributed by atoms with E-state index in [2.05, 4.69) is 22.8 Å². The lowest BCUT2D eigenvalue weighted by atomic mass is 9.48. The van der Waals surface area contributed by atoms with Gasteiger partial charge in [-0.05, 0) is 98.7 Å². The fraction of sp³-hybridized carbons (Fsp3) is 0.704. The quantitative estimate of drug-likeness (QED) is 0.528. The molecule has 4 aliphatic rings. The summed E-state index contributed by atoms with van der Waals surface area (Å²) in [6, 6.07) is 7.74. The van der Waals surface area contributed by atoms with Gasteiger partial charge in [-0.2, -0.15) is 0 Å². The first-order valence-corrected chi connectivity index (χ1v) is 12.7. The SMILES string of the molecule is CCOCCCNC(=O)C(NC(=O)c1ccc(C23CC4CC(CC(C4)C2)C3)cc1)C(C)C. The predicted molar refractivity (Wildman–Crippen MR) is 127 cm³/mol. The molecule has 1 atom stereocenters. The molecule has 32 heavy (non-hydrogen) atoms. The average Bonchev–Trinajstić information content (AvgIpc) is 2.76. The molecule has 5 rings (SSSR count). The number of carbonyl (C=O) groups is 2. The van der Waals surface area contributed by atoms with Crippen molar-refractivity contribution in [3.8, 4) is 0 Å². The van der Waals surface area contributed by atoms with E-state index < -0.39 is 6.04 Å². The van der Waals surface area contributed by atoms with E-state index in [4.69, 9.17) is 4.74 Å². The summed E-state index contributed by atoms with van der Waals surface area (Å²) in [7, 11) is 0. The van der Waals surface area contributed by atoms with Crippen LogP contribution >= 0.6 is 0 Å². The maximum atomic E-state index is 12.9. The number of hydrogen-bond acceptors (Lipinski definition) is 3. The van der Waals surface area contributed by atoms with E-state index in [0.29, 0.717) is 30.7 Å². The van der Waals surface area contributed by atoms with Gasteiger partial charge in [0.05, 0.1) is 0 Å². The van der Waals surface area contributed by atoms with Crippen LogP contribution in [-0.2, 0) is 14.9 Å². The Morgan fingerprint density at radius 3 is 2.16 bits per heavy atom. The largest absolute Gasteiger partial charge is 0.382 e. The second kappa shape index (κ2) is 9.94. The van der Waals surface area contributed by atoms with E-state index in [1.54, 1.807) is 0 Å². The van der Waals surface area contributed by atoms with Gasteiger partial charge in [0.25, 0.3) is 5.91 Å². The van der Waals surface area contributed by atoms with Crippen molar-refractivity contribution in [2.75, 3.05) is 19.8 Å². The summed E-state index contributed by atoms with van der Waals surface area (Å²) in [6.45, 7) is 7.74. The number of rotatable bonds is 10. The van der Waals surface area contributed by atoms with Crippen LogP contribution in [0, 0.1) is 23.7 Å². The van der Waals surface area contributed by atoms with Crippen molar-refractivity contribution >= 4 is 11.8 Å². The molecule has 5 heteroatoms. The van der Waals surface area contributed by atoms with Gasteiger partial charge in [0.15, 0.2) is 0 Å². The predicted octanol–water partition coefficient (Wildman–Crippen LogP) is 4.45. The first-order valence-electron chi connectivity index (χ1n) is 12.7. The Morgan fingerprint density at radius 1 is 1.03 bits per heavy atom. The minimum absolute atomic E-state index is 0.0112. The van der Waals surface area contributed by atoms with Crippen LogP contribution in [0.25, 0.3) is 0 Å². The third kappa shape index (κ3) is 5.03. The van der Waals surface area contributed by atoms with Gasteiger partial charge in [-0.25, -0.2) is 0 Å². The van der Waals surface area contributed by atoms with Gasteiger partial charge in [0.2, 0.25) is 5.91 Å². The zero-order valence-corrected chi connectivity index (χ0v) is 20.0. The molecule has 0 spiro atoms. The molecular weight excluding hydrogens is 400 g/mol. The summed E-state index contributed by atoms with van der Waals surface area (Å²) >= 11 is 0. The van der Waals surface area contributed by atoms with E-state index in [9.17, 15) is 9.59 Å². The Labute approximate surface area is 193 Å². The Balaban J connectivity index is 1.36. The zero-order valence-electron chi connectivity index (χ0n) is 20.0. The number of benzene rings is 1. The van der Waals surface area contributed by atoms with Gasteiger partial charge < -0.3 is 15.4 Å². The Morgan fingerprint density at radius 2 is 1.62 bits per heavy atom. The highest BCUT2D eigenvalue weighted by Crippen LogP contribution is 2.60. The molecule has 0 radical (unpaired) electrons. The molecule has 176 valence electrons. The Kier molecular flexibility index (Phi) is 7.24. The molecule has 0 aromatic heterocycles. The summed E-state index contributed by atoms with van der Waals surface area (Å²) in [6.07, 6.45) is 9.04. The fourth-order valence-electron chi connectivity index (χ4n) is 6.84. The van der Waals surface area contributed by atoms with E-state index in [-0.39, 0.29) is 17.7 Å². The molecule has 0 aliphatic heterocycles. The van der Waals surface area contributed by atoms with Gasteiger partial charge >= 0.3 is 0 Å². The van der Waals surface area contributed by atoms with Crippen molar-refractivity contribution in [3.05, 3.63) is 35.4 Å². The first-order chi connectivity index (χ1) is 15.4. The molecule has 4 saturated carbocycles. The van der Waals surface area contributed by atoms with Crippen LogP contribution < -0.4 is 10.6 Å². The summed E-state index contributed by atoms with van der Waals surface area (Å²) in [4.78, 5) is 25.6. The molecule has 1 unspecified atom stereocenters. The van der Waals surface area contributed by atoms with Crippen LogP contribution in [0.3, 0.4) is 0 Å². The Hall–Kier alpha value is -1.88. The summed E-state index contributed by atoms with van der Waals surface area (Å²) in [5, 5.41) is 5.89. The maximum absolute atomic E-state index is 12.9. The van der Waals surface area contributed by atoms with Crippen LogP contribution in [0.15, 0.2) is 24.3 Å². The van der Waals surface area contributed by atoms with Crippen molar-refractivity contribution in [2.24, 2.45) is 23.7 Å². The van der Waals surface area contributed by atoms with E-state index in [1.165, 1.54) is 44.1 Å². The molecule has 0 heterocycles. The third-order valence-electron chi connectivity index (χ3n) is 8.00. The monoisotopic (exact) mass is 440 g/mol. The highest BCUT2D eigenvalue weighted by Gasteiger charge is 2.51. The second-order valence-electron chi connectivity index (χ2n) is 10.8. The number of nitrogens with one attached hydrogen (secondary N) is 2. The topological polar surface area (TPSA) is 67.4 Å². The van der Waals surface area contributed by atoms with Crippen molar-refractivity contribution in [1.82, 2.24) is 10.6 Å². The molecule has 2 N–H and O–H groups in total. The average molecular weight is 441 g/mol. The van der Waals surface area contributed by atoms with E-state index >= 15 is 0 Å². The molecule has 1 aromatic rings. The van der Waals surface area contributed by atoms with Crippen LogP contribution in [0.4, 0.5) is 0 Å². The minimum atomic E-state index is -0.544. The highest BCUT2D eigenvalue weighted by molar-refractivity contribution is 5.97. The van der Waals surface area contributed by atoms with Crippen LogP contribution in [0.2, 0.25) is 0 Å². The molecule has 4 fully saturated rings. The van der Waals surface area contributed by atoms with Crippen LogP contribution in [0.5, 0.6) is 0 Å². The Bertz CT molecular complexity index is 766. The standard InChI is InChI=1S/C27H40N2O3/c1-4-32-11-5-10-28-26(31)24(18(2)3)29-25(30)22-6-8-23(9-7-22)27-15-19-12-20(16-27)14-21(13-19)17-27/h6-9,18-21,24H,4-5,10-17H2,1-3H3,(H,28,31)(H,29,30). The van der Waals surface area contributed by atoms with Crippen molar-refractivity contribution in [1.29, 1.82) is 0 Å². The van der Waals surface area contributed by atoms with Crippen LogP contribution in [-0.4, -0.2) is 37.6 Å². The van der Waals surface area contributed by atoms with Gasteiger partial charge in [-0.3, -0.25) is 9.59 Å². The lowest BCUT2D eigenvalue weighted by Gasteiger charge is -2.57. The zero-order chi connectivity index (χ0) is 22.7. The van der Waals surface area contributed by atoms with Gasteiger partial charge in [0, 0.05) is 25.3 Å². The van der Waals surface area contributed by atoms with Crippen molar-refractivity contribution in [2.45, 2.75) is 77.2 Å². The first kappa shape index (κ1) is 23.3. The number of hydrogen-bond donors (Lipinski definition) is 2. The molecule has 5 nitrogen and oxygen atoms in total. The minimum Gasteiger partial charge on any atom is -0.382 e. The molecule has 2 amide bonds. The molecule has 0 saturated heterocycles. The van der Waals surface area contributed by atoms with E-state index in [0.717, 1.165) is 24.2 Å².